The quantitative estimate of drug-likeness (QED) is 0.614. The van der Waals surface area contributed by atoms with Gasteiger partial charge < -0.3 is 14.8 Å². The molecule has 0 aromatic heterocycles. The first-order valence-corrected chi connectivity index (χ1v) is 5.28. The molecule has 1 heterocycles. The van der Waals surface area contributed by atoms with Crippen molar-refractivity contribution in [2.45, 2.75) is 25.8 Å². The average molecular weight is 221 g/mol. The zero-order chi connectivity index (χ0) is 11.8. The number of rotatable bonds is 2. The third-order valence-electron chi connectivity index (χ3n) is 2.97. The Hall–Kier alpha value is -1.71. The zero-order valence-electron chi connectivity index (χ0n) is 9.66. The summed E-state index contributed by atoms with van der Waals surface area (Å²) in [4.78, 5) is 11.8. The molecule has 1 aromatic rings. The van der Waals surface area contributed by atoms with Crippen LogP contribution in [0.2, 0.25) is 0 Å². The van der Waals surface area contributed by atoms with Gasteiger partial charge in [-0.05, 0) is 25.5 Å². The number of carbonyl (C=O) groups is 1. The van der Waals surface area contributed by atoms with Crippen molar-refractivity contribution < 1.29 is 14.3 Å². The van der Waals surface area contributed by atoms with Crippen LogP contribution in [-0.2, 0) is 4.79 Å². The molecule has 0 saturated carbocycles. The predicted octanol–water partition coefficient (Wildman–Crippen LogP) is 2.19. The van der Waals surface area contributed by atoms with Gasteiger partial charge in [-0.2, -0.15) is 0 Å². The highest BCUT2D eigenvalue weighted by molar-refractivity contribution is 5.92. The van der Waals surface area contributed by atoms with E-state index in [0.29, 0.717) is 17.9 Å². The molecule has 0 bridgehead atoms. The molecule has 0 amide bonds. The highest BCUT2D eigenvalue weighted by Gasteiger charge is 2.39. The van der Waals surface area contributed by atoms with E-state index in [1.165, 1.54) is 0 Å². The first-order valence-electron chi connectivity index (χ1n) is 5.28. The summed E-state index contributed by atoms with van der Waals surface area (Å²) in [5.74, 6) is 0.954. The second-order valence-electron chi connectivity index (χ2n) is 4.03. The van der Waals surface area contributed by atoms with Gasteiger partial charge in [0.2, 0.25) is 0 Å². The predicted molar refractivity (Wildman–Crippen MR) is 60.9 cm³/mol. The van der Waals surface area contributed by atoms with Crippen LogP contribution >= 0.6 is 0 Å². The minimum atomic E-state index is -0.679. The number of anilines is 1. The summed E-state index contributed by atoms with van der Waals surface area (Å²) in [5, 5.41) is 3.19. The van der Waals surface area contributed by atoms with Crippen LogP contribution < -0.4 is 14.8 Å². The van der Waals surface area contributed by atoms with Gasteiger partial charge in [-0.25, -0.2) is 4.79 Å². The minimum Gasteiger partial charge on any atom is -0.494 e. The van der Waals surface area contributed by atoms with E-state index in [9.17, 15) is 4.79 Å². The van der Waals surface area contributed by atoms with E-state index in [1.54, 1.807) is 19.2 Å². The molecule has 0 radical (unpaired) electrons. The lowest BCUT2D eigenvalue weighted by molar-refractivity contribution is -0.139. The monoisotopic (exact) mass is 221 g/mol. The molecule has 0 aliphatic carbocycles. The number of esters is 1. The average Bonchev–Trinajstić information content (AvgIpc) is 2.30. The van der Waals surface area contributed by atoms with Crippen LogP contribution in [0, 0.1) is 0 Å². The molecule has 0 fully saturated rings. The summed E-state index contributed by atoms with van der Waals surface area (Å²) < 4.78 is 10.5. The fraction of sp³-hybridized carbons (Fsp3) is 0.417. The van der Waals surface area contributed by atoms with Crippen LogP contribution in [0.15, 0.2) is 18.2 Å². The van der Waals surface area contributed by atoms with Crippen LogP contribution in [-0.4, -0.2) is 18.6 Å². The van der Waals surface area contributed by atoms with Gasteiger partial charge in [0.25, 0.3) is 0 Å². The Bertz CT molecular complexity index is 430. The molecule has 1 aromatic carbocycles. The molecule has 0 unspecified atom stereocenters. The van der Waals surface area contributed by atoms with Crippen molar-refractivity contribution >= 4 is 11.7 Å². The van der Waals surface area contributed by atoms with Gasteiger partial charge in [0.05, 0.1) is 7.11 Å². The van der Waals surface area contributed by atoms with Crippen LogP contribution in [0.1, 0.15) is 20.3 Å². The number of methoxy groups -OCH3 is 1. The van der Waals surface area contributed by atoms with E-state index in [4.69, 9.17) is 9.47 Å². The number of hydrogen-bond donors (Lipinski definition) is 1. The van der Waals surface area contributed by atoms with Crippen molar-refractivity contribution in [1.29, 1.82) is 0 Å². The first-order chi connectivity index (χ1) is 7.60. The molecule has 86 valence electrons. The van der Waals surface area contributed by atoms with Gasteiger partial charge in [0, 0.05) is 0 Å². The molecule has 1 aliphatic heterocycles. The van der Waals surface area contributed by atoms with Gasteiger partial charge in [-0.3, -0.25) is 0 Å². The molecule has 1 aliphatic rings. The smallest absolute Gasteiger partial charge is 0.336 e. The van der Waals surface area contributed by atoms with Crippen molar-refractivity contribution in [3.8, 4) is 11.5 Å². The van der Waals surface area contributed by atoms with E-state index >= 15 is 0 Å². The van der Waals surface area contributed by atoms with Crippen molar-refractivity contribution in [2.24, 2.45) is 0 Å². The maximum atomic E-state index is 11.8. The molecule has 4 nitrogen and oxygen atoms in total. The lowest BCUT2D eigenvalue weighted by Crippen LogP contribution is -2.48. The van der Waals surface area contributed by atoms with Gasteiger partial charge in [-0.1, -0.05) is 13.0 Å². The number of para-hydroxylation sites is 1. The van der Waals surface area contributed by atoms with Crippen molar-refractivity contribution in [2.75, 3.05) is 12.4 Å². The standard InChI is InChI=1S/C12H15NO3/c1-4-12(2)11(14)16-9-7-5-6-8(15-3)10(9)13-12/h5-7,13H,4H2,1-3H3/t12-/m0/s1. The summed E-state index contributed by atoms with van der Waals surface area (Å²) in [6.07, 6.45) is 0.656. The first kappa shape index (κ1) is 10.8. The molecule has 16 heavy (non-hydrogen) atoms. The summed E-state index contributed by atoms with van der Waals surface area (Å²) in [7, 11) is 1.59. The number of carbonyl (C=O) groups excluding carboxylic acids is 1. The Morgan fingerprint density at radius 3 is 2.88 bits per heavy atom. The lowest BCUT2D eigenvalue weighted by atomic mass is 9.97. The van der Waals surface area contributed by atoms with E-state index < -0.39 is 5.54 Å². The summed E-state index contributed by atoms with van der Waals surface area (Å²) in [5.41, 5.74) is 0.0655. The van der Waals surface area contributed by atoms with Crippen LogP contribution in [0.5, 0.6) is 11.5 Å². The number of hydrogen-bond acceptors (Lipinski definition) is 4. The summed E-state index contributed by atoms with van der Waals surface area (Å²) in [6, 6.07) is 5.38. The Labute approximate surface area is 94.6 Å². The van der Waals surface area contributed by atoms with Crippen LogP contribution in [0.25, 0.3) is 0 Å². The van der Waals surface area contributed by atoms with E-state index in [2.05, 4.69) is 5.32 Å². The Morgan fingerprint density at radius 1 is 1.50 bits per heavy atom. The summed E-state index contributed by atoms with van der Waals surface area (Å²) in [6.45, 7) is 3.76. The SMILES string of the molecule is CC[C@]1(C)Nc2c(OC)cccc2OC1=O. The van der Waals surface area contributed by atoms with Gasteiger partial charge in [0.15, 0.2) is 5.75 Å². The van der Waals surface area contributed by atoms with E-state index in [0.717, 1.165) is 5.69 Å². The lowest BCUT2D eigenvalue weighted by Gasteiger charge is -2.34. The van der Waals surface area contributed by atoms with Crippen molar-refractivity contribution in [3.63, 3.8) is 0 Å². The molecule has 1 N–H and O–H groups in total. The Balaban J connectivity index is 2.48. The van der Waals surface area contributed by atoms with Gasteiger partial charge in [-0.15, -0.1) is 0 Å². The maximum Gasteiger partial charge on any atom is 0.336 e. The second-order valence-corrected chi connectivity index (χ2v) is 4.03. The number of benzene rings is 1. The van der Waals surface area contributed by atoms with E-state index in [1.807, 2.05) is 19.9 Å². The van der Waals surface area contributed by atoms with Crippen molar-refractivity contribution in [1.82, 2.24) is 0 Å². The highest BCUT2D eigenvalue weighted by atomic mass is 16.5. The molecule has 4 heteroatoms. The van der Waals surface area contributed by atoms with Crippen LogP contribution in [0.4, 0.5) is 5.69 Å². The summed E-state index contributed by atoms with van der Waals surface area (Å²) >= 11 is 0. The normalized spacial score (nSPS) is 23.1. The maximum absolute atomic E-state index is 11.8. The number of ether oxygens (including phenoxy) is 2. The number of nitrogens with one attached hydrogen (secondary N) is 1. The molecule has 0 saturated heterocycles. The Morgan fingerprint density at radius 2 is 2.25 bits per heavy atom. The molecule has 2 rings (SSSR count). The highest BCUT2D eigenvalue weighted by Crippen LogP contribution is 2.40. The third-order valence-corrected chi connectivity index (χ3v) is 2.97. The van der Waals surface area contributed by atoms with Gasteiger partial charge in [0.1, 0.15) is 17.0 Å². The molecule has 0 spiro atoms. The Kier molecular flexibility index (Phi) is 2.50. The fourth-order valence-corrected chi connectivity index (χ4v) is 1.66. The van der Waals surface area contributed by atoms with Crippen LogP contribution in [0.3, 0.4) is 0 Å². The fourth-order valence-electron chi connectivity index (χ4n) is 1.66. The third kappa shape index (κ3) is 1.50. The second kappa shape index (κ2) is 3.70. The topological polar surface area (TPSA) is 47.6 Å². The number of fused-ring (bicyclic) bond motifs is 1. The van der Waals surface area contributed by atoms with Crippen molar-refractivity contribution in [3.05, 3.63) is 18.2 Å². The molecular formula is C12H15NO3. The largest absolute Gasteiger partial charge is 0.494 e. The van der Waals surface area contributed by atoms with E-state index in [-0.39, 0.29) is 5.97 Å². The molecular weight excluding hydrogens is 206 g/mol. The van der Waals surface area contributed by atoms with Gasteiger partial charge >= 0.3 is 5.97 Å². The zero-order valence-corrected chi connectivity index (χ0v) is 9.66. The minimum absolute atomic E-state index is 0.254. The molecule has 1 atom stereocenters.